The molecular weight excluding hydrogens is 196 g/mol. The van der Waals surface area contributed by atoms with Crippen molar-refractivity contribution in [1.82, 2.24) is 10.3 Å². The Morgan fingerprint density at radius 2 is 2.14 bits per heavy atom. The molecule has 1 aromatic heterocycles. The van der Waals surface area contributed by atoms with Gasteiger partial charge in [-0.15, -0.1) is 0 Å². The number of nitrogens with one attached hydrogen (secondary N) is 1. The lowest BCUT2D eigenvalue weighted by Gasteiger charge is -2.22. The SMILES string of the molecule is Clc1cccc(CC2CCNCC2)n1. The van der Waals surface area contributed by atoms with Gasteiger partial charge in [0.2, 0.25) is 0 Å². The van der Waals surface area contributed by atoms with Crippen LogP contribution in [0.25, 0.3) is 0 Å². The molecule has 0 aromatic carbocycles. The van der Waals surface area contributed by atoms with Crippen molar-refractivity contribution in [3.05, 3.63) is 29.0 Å². The number of nitrogens with zero attached hydrogens (tertiary/aromatic N) is 1. The highest BCUT2D eigenvalue weighted by molar-refractivity contribution is 6.29. The fourth-order valence-electron chi connectivity index (χ4n) is 1.95. The summed E-state index contributed by atoms with van der Waals surface area (Å²) in [6, 6.07) is 5.87. The highest BCUT2D eigenvalue weighted by Crippen LogP contribution is 2.17. The molecule has 0 amide bonds. The van der Waals surface area contributed by atoms with Crippen LogP contribution in [0.2, 0.25) is 5.15 Å². The van der Waals surface area contributed by atoms with E-state index in [1.54, 1.807) is 0 Å². The van der Waals surface area contributed by atoms with Gasteiger partial charge in [0.1, 0.15) is 5.15 Å². The molecule has 0 spiro atoms. The number of hydrogen-bond donors (Lipinski definition) is 1. The van der Waals surface area contributed by atoms with E-state index >= 15 is 0 Å². The van der Waals surface area contributed by atoms with Crippen molar-refractivity contribution >= 4 is 11.6 Å². The second-order valence-corrected chi connectivity index (χ2v) is 4.24. The van der Waals surface area contributed by atoms with Crippen molar-refractivity contribution in [1.29, 1.82) is 0 Å². The standard InChI is InChI=1S/C11H15ClN2/c12-11-3-1-2-10(14-11)8-9-4-6-13-7-5-9/h1-3,9,13H,4-8H2. The topological polar surface area (TPSA) is 24.9 Å². The number of rotatable bonds is 2. The van der Waals surface area contributed by atoms with Crippen LogP contribution in [0.4, 0.5) is 0 Å². The summed E-state index contributed by atoms with van der Waals surface area (Å²) in [6.07, 6.45) is 3.59. The molecule has 14 heavy (non-hydrogen) atoms. The summed E-state index contributed by atoms with van der Waals surface area (Å²) in [4.78, 5) is 4.31. The summed E-state index contributed by atoms with van der Waals surface area (Å²) < 4.78 is 0. The maximum atomic E-state index is 5.84. The lowest BCUT2D eigenvalue weighted by Crippen LogP contribution is -2.28. The summed E-state index contributed by atoms with van der Waals surface area (Å²) >= 11 is 5.84. The predicted molar refractivity (Wildman–Crippen MR) is 58.5 cm³/mol. The zero-order valence-electron chi connectivity index (χ0n) is 8.17. The Hall–Kier alpha value is -0.600. The number of pyridine rings is 1. The van der Waals surface area contributed by atoms with E-state index in [0.717, 1.165) is 31.1 Å². The van der Waals surface area contributed by atoms with Crippen LogP contribution in [0, 0.1) is 5.92 Å². The first-order chi connectivity index (χ1) is 6.84. The van der Waals surface area contributed by atoms with Gasteiger partial charge in [-0.05, 0) is 50.4 Å². The van der Waals surface area contributed by atoms with Gasteiger partial charge in [0.25, 0.3) is 0 Å². The minimum absolute atomic E-state index is 0.608. The monoisotopic (exact) mass is 210 g/mol. The maximum Gasteiger partial charge on any atom is 0.129 e. The molecule has 2 nitrogen and oxygen atoms in total. The molecule has 0 atom stereocenters. The third-order valence-corrected chi connectivity index (χ3v) is 2.94. The summed E-state index contributed by atoms with van der Waals surface area (Å²) in [7, 11) is 0. The Labute approximate surface area is 89.7 Å². The Balaban J connectivity index is 1.95. The van der Waals surface area contributed by atoms with Crippen molar-refractivity contribution in [2.75, 3.05) is 13.1 Å². The quantitative estimate of drug-likeness (QED) is 0.758. The predicted octanol–water partition coefficient (Wildman–Crippen LogP) is 2.28. The normalized spacial score (nSPS) is 18.4. The molecule has 0 unspecified atom stereocenters. The van der Waals surface area contributed by atoms with Crippen LogP contribution >= 0.6 is 11.6 Å². The van der Waals surface area contributed by atoms with Crippen LogP contribution in [0.15, 0.2) is 18.2 Å². The molecular formula is C11H15ClN2. The van der Waals surface area contributed by atoms with E-state index in [1.165, 1.54) is 12.8 Å². The van der Waals surface area contributed by atoms with Gasteiger partial charge in [0, 0.05) is 5.69 Å². The van der Waals surface area contributed by atoms with Gasteiger partial charge in [-0.25, -0.2) is 4.98 Å². The third-order valence-electron chi connectivity index (χ3n) is 2.73. The van der Waals surface area contributed by atoms with E-state index in [9.17, 15) is 0 Å². The lowest BCUT2D eigenvalue weighted by atomic mass is 9.93. The zero-order chi connectivity index (χ0) is 9.80. The van der Waals surface area contributed by atoms with Crippen molar-refractivity contribution in [3.8, 4) is 0 Å². The van der Waals surface area contributed by atoms with Crippen molar-refractivity contribution < 1.29 is 0 Å². The van der Waals surface area contributed by atoms with Crippen molar-refractivity contribution in [3.63, 3.8) is 0 Å². The fraction of sp³-hybridized carbons (Fsp3) is 0.545. The van der Waals surface area contributed by atoms with Gasteiger partial charge in [-0.1, -0.05) is 17.7 Å². The van der Waals surface area contributed by atoms with E-state index in [1.807, 2.05) is 12.1 Å². The molecule has 1 aliphatic heterocycles. The average molecular weight is 211 g/mol. The van der Waals surface area contributed by atoms with Gasteiger partial charge in [-0.2, -0.15) is 0 Å². The highest BCUT2D eigenvalue weighted by Gasteiger charge is 2.13. The van der Waals surface area contributed by atoms with E-state index in [-0.39, 0.29) is 0 Å². The van der Waals surface area contributed by atoms with Crippen LogP contribution in [0.3, 0.4) is 0 Å². The zero-order valence-corrected chi connectivity index (χ0v) is 8.93. The van der Waals surface area contributed by atoms with E-state index in [2.05, 4.69) is 16.4 Å². The summed E-state index contributed by atoms with van der Waals surface area (Å²) in [6.45, 7) is 2.29. The number of piperidine rings is 1. The molecule has 1 saturated heterocycles. The molecule has 1 fully saturated rings. The molecule has 0 radical (unpaired) electrons. The van der Waals surface area contributed by atoms with Crippen molar-refractivity contribution in [2.45, 2.75) is 19.3 Å². The van der Waals surface area contributed by atoms with Crippen LogP contribution in [-0.2, 0) is 6.42 Å². The first-order valence-electron chi connectivity index (χ1n) is 5.17. The molecule has 2 heterocycles. The molecule has 1 N–H and O–H groups in total. The smallest absolute Gasteiger partial charge is 0.129 e. The van der Waals surface area contributed by atoms with E-state index in [4.69, 9.17) is 11.6 Å². The van der Waals surface area contributed by atoms with Gasteiger partial charge in [-0.3, -0.25) is 0 Å². The fourth-order valence-corrected chi connectivity index (χ4v) is 2.13. The maximum absolute atomic E-state index is 5.84. The van der Waals surface area contributed by atoms with E-state index in [0.29, 0.717) is 5.15 Å². The third kappa shape index (κ3) is 2.69. The van der Waals surface area contributed by atoms with Gasteiger partial charge in [0.05, 0.1) is 0 Å². The minimum atomic E-state index is 0.608. The van der Waals surface area contributed by atoms with Crippen LogP contribution in [-0.4, -0.2) is 18.1 Å². The largest absolute Gasteiger partial charge is 0.317 e. The molecule has 0 bridgehead atoms. The number of hydrogen-bond acceptors (Lipinski definition) is 2. The first kappa shape index (κ1) is 9.94. The van der Waals surface area contributed by atoms with Crippen LogP contribution in [0.1, 0.15) is 18.5 Å². The molecule has 76 valence electrons. The number of aromatic nitrogens is 1. The summed E-state index contributed by atoms with van der Waals surface area (Å²) in [5.74, 6) is 0.780. The Morgan fingerprint density at radius 3 is 2.86 bits per heavy atom. The average Bonchev–Trinajstić information content (AvgIpc) is 2.19. The Morgan fingerprint density at radius 1 is 1.36 bits per heavy atom. The molecule has 0 saturated carbocycles. The lowest BCUT2D eigenvalue weighted by molar-refractivity contribution is 0.370. The second kappa shape index (κ2) is 4.76. The first-order valence-corrected chi connectivity index (χ1v) is 5.54. The van der Waals surface area contributed by atoms with Gasteiger partial charge in [0.15, 0.2) is 0 Å². The summed E-state index contributed by atoms with van der Waals surface area (Å²) in [5, 5.41) is 3.97. The molecule has 1 aliphatic rings. The second-order valence-electron chi connectivity index (χ2n) is 3.85. The highest BCUT2D eigenvalue weighted by atomic mass is 35.5. The molecule has 3 heteroatoms. The Bertz CT molecular complexity index is 295. The van der Waals surface area contributed by atoms with Crippen molar-refractivity contribution in [2.24, 2.45) is 5.92 Å². The molecule has 2 rings (SSSR count). The molecule has 1 aromatic rings. The van der Waals surface area contributed by atoms with Gasteiger partial charge >= 0.3 is 0 Å². The Kier molecular flexibility index (Phi) is 3.38. The van der Waals surface area contributed by atoms with Crippen LogP contribution < -0.4 is 5.32 Å². The van der Waals surface area contributed by atoms with Gasteiger partial charge < -0.3 is 5.32 Å². The van der Waals surface area contributed by atoms with Crippen LogP contribution in [0.5, 0.6) is 0 Å². The molecule has 0 aliphatic carbocycles. The minimum Gasteiger partial charge on any atom is -0.317 e. The number of halogens is 1. The summed E-state index contributed by atoms with van der Waals surface area (Å²) in [5.41, 5.74) is 1.13. The van der Waals surface area contributed by atoms with E-state index < -0.39 is 0 Å².